The van der Waals surface area contributed by atoms with Crippen LogP contribution < -0.4 is 10.6 Å². The minimum Gasteiger partial charge on any atom is -0.339 e. The monoisotopic (exact) mass is 443 g/mol. The molecule has 0 spiro atoms. The molecule has 1 unspecified atom stereocenters. The first-order valence-corrected chi connectivity index (χ1v) is 10.9. The van der Waals surface area contributed by atoms with E-state index in [1.54, 1.807) is 12.1 Å². The quantitative estimate of drug-likeness (QED) is 0.607. The van der Waals surface area contributed by atoms with Crippen LogP contribution in [0.1, 0.15) is 29.5 Å². The van der Waals surface area contributed by atoms with Crippen LogP contribution in [0, 0.1) is 5.82 Å². The SMILES string of the molecule is O=C(CN1CCCC(c2nc(-c3cccc(F)c3)no2)C1)NC(=O)NCc1cccs1. The molecule has 1 atom stereocenters. The summed E-state index contributed by atoms with van der Waals surface area (Å²) in [6.07, 6.45) is 1.71. The van der Waals surface area contributed by atoms with Gasteiger partial charge in [-0.2, -0.15) is 4.98 Å². The Morgan fingerprint density at radius 1 is 1.29 bits per heavy atom. The summed E-state index contributed by atoms with van der Waals surface area (Å²) in [5.74, 6) is 0.0577. The van der Waals surface area contributed by atoms with Crippen molar-refractivity contribution in [2.75, 3.05) is 19.6 Å². The summed E-state index contributed by atoms with van der Waals surface area (Å²) < 4.78 is 18.8. The highest BCUT2D eigenvalue weighted by molar-refractivity contribution is 7.09. The maximum absolute atomic E-state index is 13.4. The van der Waals surface area contributed by atoms with E-state index in [1.165, 1.54) is 23.5 Å². The van der Waals surface area contributed by atoms with Crippen LogP contribution in [0.3, 0.4) is 0 Å². The number of aromatic nitrogens is 2. The van der Waals surface area contributed by atoms with Crippen LogP contribution in [0.2, 0.25) is 0 Å². The third-order valence-electron chi connectivity index (χ3n) is 5.00. The van der Waals surface area contributed by atoms with E-state index in [9.17, 15) is 14.0 Å². The lowest BCUT2D eigenvalue weighted by atomic mass is 9.98. The van der Waals surface area contributed by atoms with Crippen molar-refractivity contribution in [1.82, 2.24) is 25.7 Å². The van der Waals surface area contributed by atoms with Crippen LogP contribution in [0.25, 0.3) is 11.4 Å². The molecule has 4 rings (SSSR count). The molecule has 162 valence electrons. The average Bonchev–Trinajstić information content (AvgIpc) is 3.45. The van der Waals surface area contributed by atoms with E-state index in [1.807, 2.05) is 22.4 Å². The molecule has 1 aliphatic heterocycles. The van der Waals surface area contributed by atoms with Crippen LogP contribution in [-0.4, -0.2) is 46.6 Å². The fraction of sp³-hybridized carbons (Fsp3) is 0.333. The molecule has 1 aliphatic rings. The smallest absolute Gasteiger partial charge is 0.321 e. The normalized spacial score (nSPS) is 16.7. The van der Waals surface area contributed by atoms with E-state index >= 15 is 0 Å². The van der Waals surface area contributed by atoms with Gasteiger partial charge in [-0.1, -0.05) is 23.4 Å². The van der Waals surface area contributed by atoms with Gasteiger partial charge in [0.2, 0.25) is 17.6 Å². The zero-order valence-corrected chi connectivity index (χ0v) is 17.5. The first-order valence-electron chi connectivity index (χ1n) is 9.99. The number of likely N-dealkylation sites (tertiary alicyclic amines) is 1. The van der Waals surface area contributed by atoms with Gasteiger partial charge in [0.15, 0.2) is 0 Å². The largest absolute Gasteiger partial charge is 0.339 e. The molecular formula is C21H22FN5O3S. The Balaban J connectivity index is 1.28. The highest BCUT2D eigenvalue weighted by Crippen LogP contribution is 2.27. The van der Waals surface area contributed by atoms with E-state index in [0.29, 0.717) is 30.4 Å². The number of urea groups is 1. The fourth-order valence-electron chi connectivity index (χ4n) is 3.54. The summed E-state index contributed by atoms with van der Waals surface area (Å²) in [6.45, 7) is 1.79. The van der Waals surface area contributed by atoms with Gasteiger partial charge in [0.1, 0.15) is 5.82 Å². The fourth-order valence-corrected chi connectivity index (χ4v) is 4.19. The summed E-state index contributed by atoms with van der Waals surface area (Å²) in [5.41, 5.74) is 0.551. The lowest BCUT2D eigenvalue weighted by Crippen LogP contribution is -2.46. The maximum Gasteiger partial charge on any atom is 0.321 e. The van der Waals surface area contributed by atoms with Gasteiger partial charge < -0.3 is 9.84 Å². The molecule has 1 aromatic carbocycles. The molecule has 2 aromatic heterocycles. The van der Waals surface area contributed by atoms with E-state index in [-0.39, 0.29) is 24.2 Å². The molecule has 8 nitrogen and oxygen atoms in total. The van der Waals surface area contributed by atoms with Gasteiger partial charge in [0.25, 0.3) is 0 Å². The van der Waals surface area contributed by atoms with Gasteiger partial charge in [-0.25, -0.2) is 9.18 Å². The molecule has 3 heterocycles. The molecule has 1 fully saturated rings. The zero-order chi connectivity index (χ0) is 21.6. The number of imide groups is 1. The van der Waals surface area contributed by atoms with Gasteiger partial charge in [0, 0.05) is 17.0 Å². The van der Waals surface area contributed by atoms with Crippen molar-refractivity contribution in [3.05, 3.63) is 58.4 Å². The Morgan fingerprint density at radius 2 is 2.19 bits per heavy atom. The van der Waals surface area contributed by atoms with Crippen molar-refractivity contribution in [3.8, 4) is 11.4 Å². The molecule has 0 bridgehead atoms. The predicted molar refractivity (Wildman–Crippen MR) is 113 cm³/mol. The van der Waals surface area contributed by atoms with Crippen LogP contribution in [0.15, 0.2) is 46.3 Å². The van der Waals surface area contributed by atoms with E-state index in [4.69, 9.17) is 4.52 Å². The van der Waals surface area contributed by atoms with E-state index in [0.717, 1.165) is 24.3 Å². The molecule has 2 N–H and O–H groups in total. The molecule has 0 saturated carbocycles. The molecular weight excluding hydrogens is 421 g/mol. The summed E-state index contributed by atoms with van der Waals surface area (Å²) >= 11 is 1.54. The van der Waals surface area contributed by atoms with E-state index < -0.39 is 6.03 Å². The van der Waals surface area contributed by atoms with Gasteiger partial charge in [-0.15, -0.1) is 11.3 Å². The second-order valence-corrected chi connectivity index (χ2v) is 8.38. The number of amides is 3. The lowest BCUT2D eigenvalue weighted by molar-refractivity contribution is -0.121. The Hall–Kier alpha value is -3.11. The standard InChI is InChI=1S/C21H22FN5O3S/c22-16-6-1-4-14(10-16)19-25-20(30-26-19)15-5-2-8-27(12-15)13-18(28)24-21(29)23-11-17-7-3-9-31-17/h1,3-4,6-7,9-10,15H,2,5,8,11-13H2,(H2,23,24,28,29). The minimum atomic E-state index is -0.511. The Kier molecular flexibility index (Phi) is 6.68. The maximum atomic E-state index is 13.4. The summed E-state index contributed by atoms with van der Waals surface area (Å²) in [4.78, 5) is 31.6. The first-order chi connectivity index (χ1) is 15.1. The zero-order valence-electron chi connectivity index (χ0n) is 16.7. The third-order valence-corrected chi connectivity index (χ3v) is 5.88. The number of hydrogen-bond donors (Lipinski definition) is 2. The Labute approximate surface area is 182 Å². The molecule has 3 aromatic rings. The Bertz CT molecular complexity index is 1040. The van der Waals surface area contributed by atoms with Crippen LogP contribution in [-0.2, 0) is 11.3 Å². The highest BCUT2D eigenvalue weighted by atomic mass is 32.1. The van der Waals surface area contributed by atoms with Gasteiger partial charge >= 0.3 is 6.03 Å². The molecule has 1 saturated heterocycles. The van der Waals surface area contributed by atoms with Gasteiger partial charge in [-0.05, 0) is 43.0 Å². The van der Waals surface area contributed by atoms with Crippen molar-refractivity contribution in [2.45, 2.75) is 25.3 Å². The van der Waals surface area contributed by atoms with Crippen LogP contribution >= 0.6 is 11.3 Å². The lowest BCUT2D eigenvalue weighted by Gasteiger charge is -2.30. The number of carbonyl (C=O) groups is 2. The Morgan fingerprint density at radius 3 is 3.00 bits per heavy atom. The van der Waals surface area contributed by atoms with Crippen molar-refractivity contribution >= 4 is 23.3 Å². The van der Waals surface area contributed by atoms with Gasteiger partial charge in [-0.3, -0.25) is 15.0 Å². The predicted octanol–water partition coefficient (Wildman–Crippen LogP) is 3.14. The summed E-state index contributed by atoms with van der Waals surface area (Å²) in [7, 11) is 0. The topological polar surface area (TPSA) is 100 Å². The molecule has 0 aliphatic carbocycles. The number of benzene rings is 1. The summed E-state index contributed by atoms with van der Waals surface area (Å²) in [5, 5.41) is 10.9. The molecule has 0 radical (unpaired) electrons. The highest BCUT2D eigenvalue weighted by Gasteiger charge is 2.27. The van der Waals surface area contributed by atoms with Gasteiger partial charge in [0.05, 0.1) is 19.0 Å². The van der Waals surface area contributed by atoms with Crippen molar-refractivity contribution in [2.24, 2.45) is 0 Å². The number of rotatable bonds is 6. The van der Waals surface area contributed by atoms with Crippen LogP contribution in [0.4, 0.5) is 9.18 Å². The van der Waals surface area contributed by atoms with Crippen molar-refractivity contribution in [1.29, 1.82) is 0 Å². The summed E-state index contributed by atoms with van der Waals surface area (Å²) in [6, 6.07) is 9.34. The molecule has 3 amide bonds. The number of nitrogens with zero attached hydrogens (tertiary/aromatic N) is 3. The number of piperidine rings is 1. The molecule has 31 heavy (non-hydrogen) atoms. The first kappa shape index (κ1) is 21.1. The van der Waals surface area contributed by atoms with Crippen LogP contribution in [0.5, 0.6) is 0 Å². The average molecular weight is 444 g/mol. The second kappa shape index (κ2) is 9.80. The second-order valence-electron chi connectivity index (χ2n) is 7.35. The molecule has 10 heteroatoms. The number of carbonyl (C=O) groups excluding carboxylic acids is 2. The third kappa shape index (κ3) is 5.74. The van der Waals surface area contributed by atoms with E-state index in [2.05, 4.69) is 20.8 Å². The minimum absolute atomic E-state index is 0.0241. The van der Waals surface area contributed by atoms with Crippen molar-refractivity contribution < 1.29 is 18.5 Å². The number of hydrogen-bond acceptors (Lipinski definition) is 7. The number of nitrogens with one attached hydrogen (secondary N) is 2. The number of halogens is 1. The van der Waals surface area contributed by atoms with Crippen molar-refractivity contribution in [3.63, 3.8) is 0 Å². The number of thiophene rings is 1.